The molecule has 0 aromatic heterocycles. The minimum Gasteiger partial charge on any atom is -0.271 e. The maximum Gasteiger partial charge on any atom is 0.0721 e. The standard InChI is InChI=1S/C13H12BrClN2/c14-12-7-2-1-6-11(12)13(17-16)9-4-3-5-10(15)8-9/h1-8,13,17H,16H2. The van der Waals surface area contributed by atoms with Gasteiger partial charge in [0.2, 0.25) is 0 Å². The van der Waals surface area contributed by atoms with E-state index in [2.05, 4.69) is 21.4 Å². The fraction of sp³-hybridized carbons (Fsp3) is 0.0769. The first kappa shape index (κ1) is 12.6. The van der Waals surface area contributed by atoms with Gasteiger partial charge in [-0.1, -0.05) is 57.9 Å². The van der Waals surface area contributed by atoms with Crippen molar-refractivity contribution in [2.45, 2.75) is 6.04 Å². The van der Waals surface area contributed by atoms with Gasteiger partial charge in [0.15, 0.2) is 0 Å². The van der Waals surface area contributed by atoms with Crippen molar-refractivity contribution in [3.63, 3.8) is 0 Å². The number of hydrogen-bond acceptors (Lipinski definition) is 2. The van der Waals surface area contributed by atoms with Crippen LogP contribution in [0.15, 0.2) is 53.0 Å². The molecule has 0 amide bonds. The topological polar surface area (TPSA) is 38.0 Å². The number of hydrogen-bond donors (Lipinski definition) is 2. The van der Waals surface area contributed by atoms with Gasteiger partial charge in [0.05, 0.1) is 6.04 Å². The van der Waals surface area contributed by atoms with Gasteiger partial charge in [-0.2, -0.15) is 0 Å². The lowest BCUT2D eigenvalue weighted by Crippen LogP contribution is -2.29. The SMILES string of the molecule is NNC(c1cccc(Cl)c1)c1ccccc1Br. The van der Waals surface area contributed by atoms with Crippen molar-refractivity contribution >= 4 is 27.5 Å². The summed E-state index contributed by atoms with van der Waals surface area (Å²) in [6.45, 7) is 0. The largest absolute Gasteiger partial charge is 0.271 e. The second kappa shape index (κ2) is 5.65. The molecule has 0 aliphatic carbocycles. The van der Waals surface area contributed by atoms with E-state index >= 15 is 0 Å². The molecule has 0 spiro atoms. The van der Waals surface area contributed by atoms with E-state index in [1.807, 2.05) is 48.5 Å². The van der Waals surface area contributed by atoms with Crippen LogP contribution < -0.4 is 11.3 Å². The first-order valence-corrected chi connectivity index (χ1v) is 6.35. The third-order valence-corrected chi connectivity index (χ3v) is 3.52. The third kappa shape index (κ3) is 2.87. The normalized spacial score (nSPS) is 12.4. The molecular weight excluding hydrogens is 300 g/mol. The summed E-state index contributed by atoms with van der Waals surface area (Å²) in [6, 6.07) is 15.6. The molecule has 0 saturated heterocycles. The zero-order valence-electron chi connectivity index (χ0n) is 9.03. The van der Waals surface area contributed by atoms with E-state index in [9.17, 15) is 0 Å². The van der Waals surface area contributed by atoms with E-state index in [1.165, 1.54) is 0 Å². The molecule has 1 unspecified atom stereocenters. The fourth-order valence-electron chi connectivity index (χ4n) is 1.76. The van der Waals surface area contributed by atoms with Gasteiger partial charge in [-0.3, -0.25) is 5.84 Å². The van der Waals surface area contributed by atoms with Gasteiger partial charge in [0.1, 0.15) is 0 Å². The van der Waals surface area contributed by atoms with Crippen LogP contribution >= 0.6 is 27.5 Å². The van der Waals surface area contributed by atoms with Gasteiger partial charge >= 0.3 is 0 Å². The predicted octanol–water partition coefficient (Wildman–Crippen LogP) is 3.66. The molecular formula is C13H12BrClN2. The Balaban J connectivity index is 2.44. The van der Waals surface area contributed by atoms with E-state index < -0.39 is 0 Å². The molecule has 2 nitrogen and oxygen atoms in total. The summed E-state index contributed by atoms with van der Waals surface area (Å²) in [5, 5.41) is 0.704. The molecule has 4 heteroatoms. The number of nitrogens with one attached hydrogen (secondary N) is 1. The molecule has 17 heavy (non-hydrogen) atoms. The summed E-state index contributed by atoms with van der Waals surface area (Å²) in [4.78, 5) is 0. The van der Waals surface area contributed by atoms with E-state index in [1.54, 1.807) is 0 Å². The van der Waals surface area contributed by atoms with Crippen molar-refractivity contribution in [2.24, 2.45) is 5.84 Å². The van der Waals surface area contributed by atoms with Crippen molar-refractivity contribution in [1.29, 1.82) is 0 Å². The lowest BCUT2D eigenvalue weighted by molar-refractivity contribution is 0.635. The summed E-state index contributed by atoms with van der Waals surface area (Å²) in [7, 11) is 0. The average molecular weight is 312 g/mol. The Morgan fingerprint density at radius 2 is 1.88 bits per heavy atom. The molecule has 0 aliphatic heterocycles. The molecule has 0 heterocycles. The second-order valence-corrected chi connectivity index (χ2v) is 4.97. The van der Waals surface area contributed by atoms with Gasteiger partial charge < -0.3 is 0 Å². The molecule has 2 aromatic rings. The van der Waals surface area contributed by atoms with E-state index in [4.69, 9.17) is 17.4 Å². The molecule has 2 rings (SSSR count). The molecule has 0 saturated carbocycles. The molecule has 88 valence electrons. The van der Waals surface area contributed by atoms with Crippen LogP contribution in [0.2, 0.25) is 5.02 Å². The third-order valence-electron chi connectivity index (χ3n) is 2.56. The van der Waals surface area contributed by atoms with E-state index in [0.29, 0.717) is 5.02 Å². The number of benzene rings is 2. The minimum atomic E-state index is -0.0794. The molecule has 0 aliphatic rings. The van der Waals surface area contributed by atoms with Gasteiger partial charge in [0, 0.05) is 9.50 Å². The summed E-state index contributed by atoms with van der Waals surface area (Å²) < 4.78 is 1.02. The highest BCUT2D eigenvalue weighted by Crippen LogP contribution is 2.28. The maximum atomic E-state index is 5.99. The molecule has 3 N–H and O–H groups in total. The zero-order chi connectivity index (χ0) is 12.3. The highest BCUT2D eigenvalue weighted by Gasteiger charge is 2.14. The lowest BCUT2D eigenvalue weighted by atomic mass is 9.99. The summed E-state index contributed by atoms with van der Waals surface area (Å²) >= 11 is 9.52. The maximum absolute atomic E-state index is 5.99. The number of rotatable bonds is 3. The van der Waals surface area contributed by atoms with Crippen LogP contribution in [0.25, 0.3) is 0 Å². The Bertz CT molecular complexity index is 516. The molecule has 0 radical (unpaired) electrons. The van der Waals surface area contributed by atoms with Gasteiger partial charge in [0.25, 0.3) is 0 Å². The Morgan fingerprint density at radius 3 is 2.53 bits per heavy atom. The minimum absolute atomic E-state index is 0.0794. The molecule has 0 bridgehead atoms. The van der Waals surface area contributed by atoms with Gasteiger partial charge in [-0.15, -0.1) is 0 Å². The van der Waals surface area contributed by atoms with Crippen LogP contribution in [-0.4, -0.2) is 0 Å². The Hall–Kier alpha value is -0.870. The van der Waals surface area contributed by atoms with Crippen LogP contribution in [0.1, 0.15) is 17.2 Å². The molecule has 0 fully saturated rings. The first-order valence-electron chi connectivity index (χ1n) is 5.18. The summed E-state index contributed by atoms with van der Waals surface area (Å²) in [6.07, 6.45) is 0. The lowest BCUT2D eigenvalue weighted by Gasteiger charge is -2.18. The zero-order valence-corrected chi connectivity index (χ0v) is 11.4. The predicted molar refractivity (Wildman–Crippen MR) is 74.8 cm³/mol. The van der Waals surface area contributed by atoms with Crippen molar-refractivity contribution in [3.8, 4) is 0 Å². The van der Waals surface area contributed by atoms with Crippen molar-refractivity contribution in [3.05, 3.63) is 69.2 Å². The molecule has 1 atom stereocenters. The number of nitrogens with two attached hydrogens (primary N) is 1. The van der Waals surface area contributed by atoms with Crippen molar-refractivity contribution in [1.82, 2.24) is 5.43 Å². The van der Waals surface area contributed by atoms with Crippen LogP contribution in [0, 0.1) is 0 Å². The summed E-state index contributed by atoms with van der Waals surface area (Å²) in [5.41, 5.74) is 4.93. The highest BCUT2D eigenvalue weighted by molar-refractivity contribution is 9.10. The van der Waals surface area contributed by atoms with Crippen LogP contribution in [0.5, 0.6) is 0 Å². The monoisotopic (exact) mass is 310 g/mol. The Morgan fingerprint density at radius 1 is 1.12 bits per heavy atom. The van der Waals surface area contributed by atoms with E-state index in [-0.39, 0.29) is 6.04 Å². The highest BCUT2D eigenvalue weighted by atomic mass is 79.9. The smallest absolute Gasteiger partial charge is 0.0721 e. The van der Waals surface area contributed by atoms with Gasteiger partial charge in [-0.25, -0.2) is 5.43 Å². The quantitative estimate of drug-likeness (QED) is 0.670. The van der Waals surface area contributed by atoms with Crippen molar-refractivity contribution in [2.75, 3.05) is 0 Å². The summed E-state index contributed by atoms with van der Waals surface area (Å²) in [5.74, 6) is 5.64. The van der Waals surface area contributed by atoms with Gasteiger partial charge in [-0.05, 0) is 29.3 Å². The van der Waals surface area contributed by atoms with Crippen LogP contribution in [0.4, 0.5) is 0 Å². The number of hydrazine groups is 1. The van der Waals surface area contributed by atoms with Crippen LogP contribution in [0.3, 0.4) is 0 Å². The van der Waals surface area contributed by atoms with E-state index in [0.717, 1.165) is 15.6 Å². The molecule has 2 aromatic carbocycles. The fourth-order valence-corrected chi connectivity index (χ4v) is 2.47. The second-order valence-electron chi connectivity index (χ2n) is 3.68. The Labute approximate surface area is 114 Å². The number of halogens is 2. The van der Waals surface area contributed by atoms with Crippen LogP contribution in [-0.2, 0) is 0 Å². The van der Waals surface area contributed by atoms with Crippen molar-refractivity contribution < 1.29 is 0 Å². The Kier molecular flexibility index (Phi) is 4.18. The first-order chi connectivity index (χ1) is 8.22. The average Bonchev–Trinajstić information content (AvgIpc) is 2.33.